The largest absolute Gasteiger partial charge is 0.370 e. The molecule has 2 aliphatic rings. The number of piperidine rings is 1. The number of aryl methyl sites for hydroxylation is 2. The maximum absolute atomic E-state index is 5.97. The molecule has 0 spiro atoms. The van der Waals surface area contributed by atoms with Crippen molar-refractivity contribution in [2.24, 2.45) is 16.6 Å². The molecular weight excluding hydrogens is 396 g/mol. The molecule has 3 rings (SSSR count). The Morgan fingerprint density at radius 3 is 2.50 bits per heavy atom. The first-order chi connectivity index (χ1) is 15.5. The molecule has 6 heteroatoms. The Labute approximate surface area is 194 Å². The lowest BCUT2D eigenvalue weighted by atomic mass is 10.0. The number of hydrogen-bond acceptors (Lipinski definition) is 4. The predicted octanol–water partition coefficient (Wildman–Crippen LogP) is 5.22. The number of aliphatic imine (C=N–C) groups is 1. The van der Waals surface area contributed by atoms with Crippen LogP contribution in [0.15, 0.2) is 46.5 Å². The van der Waals surface area contributed by atoms with Crippen molar-refractivity contribution in [2.75, 3.05) is 25.0 Å². The fourth-order valence-corrected chi connectivity index (χ4v) is 3.66. The second kappa shape index (κ2) is 14.6. The van der Waals surface area contributed by atoms with Gasteiger partial charge in [-0.2, -0.15) is 0 Å². The first kappa shape index (κ1) is 25.8. The number of unbranched alkanes of at least 4 members (excludes halogenated alkanes) is 2. The molecule has 0 bridgehead atoms. The van der Waals surface area contributed by atoms with E-state index in [9.17, 15) is 0 Å². The van der Waals surface area contributed by atoms with Crippen LogP contribution in [0.3, 0.4) is 0 Å². The van der Waals surface area contributed by atoms with E-state index >= 15 is 0 Å². The Bertz CT molecular complexity index is 795. The third kappa shape index (κ3) is 10.7. The number of allylic oxidation sites excluding steroid dienone is 5. The van der Waals surface area contributed by atoms with Crippen LogP contribution in [0.1, 0.15) is 70.2 Å². The zero-order valence-corrected chi connectivity index (χ0v) is 20.5. The Morgan fingerprint density at radius 1 is 1.16 bits per heavy atom. The van der Waals surface area contributed by atoms with Gasteiger partial charge in [0.25, 0.3) is 0 Å². The summed E-state index contributed by atoms with van der Waals surface area (Å²) in [6.07, 6.45) is 17.4. The minimum absolute atomic E-state index is 0.339. The van der Waals surface area contributed by atoms with Gasteiger partial charge in [0.15, 0.2) is 5.96 Å². The average Bonchev–Trinajstić information content (AvgIpc) is 2.98. The van der Waals surface area contributed by atoms with Gasteiger partial charge < -0.3 is 11.1 Å². The maximum Gasteiger partial charge on any atom is 0.229 e. The lowest BCUT2D eigenvalue weighted by molar-refractivity contribution is 0.402. The van der Waals surface area contributed by atoms with E-state index in [-0.39, 0.29) is 0 Å². The van der Waals surface area contributed by atoms with Gasteiger partial charge in [0, 0.05) is 11.4 Å². The molecule has 0 unspecified atom stereocenters. The zero-order valence-electron chi connectivity index (χ0n) is 20.5. The van der Waals surface area contributed by atoms with Crippen LogP contribution in [0.25, 0.3) is 0 Å². The van der Waals surface area contributed by atoms with Crippen LogP contribution in [0.4, 0.5) is 5.95 Å². The smallest absolute Gasteiger partial charge is 0.229 e. The van der Waals surface area contributed by atoms with Gasteiger partial charge in [-0.25, -0.2) is 15.0 Å². The first-order valence-corrected chi connectivity index (χ1v) is 12.1. The predicted molar refractivity (Wildman–Crippen MR) is 137 cm³/mol. The van der Waals surface area contributed by atoms with E-state index in [2.05, 4.69) is 63.7 Å². The molecule has 1 saturated heterocycles. The van der Waals surface area contributed by atoms with Gasteiger partial charge in [-0.3, -0.25) is 5.32 Å². The summed E-state index contributed by atoms with van der Waals surface area (Å²) in [5, 5.41) is 6.28. The molecule has 1 aromatic rings. The van der Waals surface area contributed by atoms with Gasteiger partial charge in [-0.1, -0.05) is 51.0 Å². The summed E-state index contributed by atoms with van der Waals surface area (Å²) in [6, 6.07) is 1.92. The fraction of sp³-hybridized carbons (Fsp3) is 0.577. The lowest BCUT2D eigenvalue weighted by Gasteiger charge is -2.17. The number of nitrogens with zero attached hydrogens (tertiary/aromatic N) is 3. The molecule has 2 heterocycles. The molecule has 32 heavy (non-hydrogen) atoms. The monoisotopic (exact) mass is 438 g/mol. The molecule has 1 fully saturated rings. The summed E-state index contributed by atoms with van der Waals surface area (Å²) in [6.45, 7) is 11.5. The standard InChI is InChI=1S/C20H29N5.C6H13N/c1-4-5-6-8-17-9-7-10-18(12-11-17)14-22-19(21)25-20-23-15(2)13-16(3)24-20;1-6-2-4-7-5-3-6/h7,9,11-13H,4-6,8,10,14H2,1-3H3,(H3,21,22,23,24,25);6-7H,2-5H2,1H3. The number of hydrogen-bond donors (Lipinski definition) is 3. The molecule has 0 radical (unpaired) electrons. The van der Waals surface area contributed by atoms with Crippen molar-refractivity contribution in [2.45, 2.75) is 72.6 Å². The van der Waals surface area contributed by atoms with Gasteiger partial charge in [-0.05, 0) is 82.2 Å². The SMILES string of the molecule is CC1CCNCC1.CCCCCC1=CC=C(CN=C(N)Nc2nc(C)cc(C)n2)CC=C1. The zero-order chi connectivity index (χ0) is 23.2. The Hall–Kier alpha value is -2.47. The number of nitrogens with one attached hydrogen (secondary N) is 2. The van der Waals surface area contributed by atoms with Gasteiger partial charge in [0.05, 0.1) is 6.54 Å². The molecule has 4 N–H and O–H groups in total. The van der Waals surface area contributed by atoms with Gasteiger partial charge >= 0.3 is 0 Å². The Kier molecular flexibility index (Phi) is 11.7. The first-order valence-electron chi connectivity index (χ1n) is 12.1. The highest BCUT2D eigenvalue weighted by atomic mass is 15.2. The highest BCUT2D eigenvalue weighted by Crippen LogP contribution is 2.17. The summed E-state index contributed by atoms with van der Waals surface area (Å²) >= 11 is 0. The van der Waals surface area contributed by atoms with E-state index in [1.807, 2.05) is 19.9 Å². The van der Waals surface area contributed by atoms with Crippen molar-refractivity contribution < 1.29 is 0 Å². The van der Waals surface area contributed by atoms with E-state index in [0.29, 0.717) is 18.5 Å². The average molecular weight is 439 g/mol. The lowest BCUT2D eigenvalue weighted by Crippen LogP contribution is -2.26. The van der Waals surface area contributed by atoms with Crippen LogP contribution < -0.4 is 16.4 Å². The van der Waals surface area contributed by atoms with Crippen LogP contribution in [0, 0.1) is 19.8 Å². The number of guanidine groups is 1. The number of rotatable bonds is 7. The van der Waals surface area contributed by atoms with Gasteiger partial charge in [0.1, 0.15) is 0 Å². The third-order valence-electron chi connectivity index (χ3n) is 5.62. The van der Waals surface area contributed by atoms with E-state index < -0.39 is 0 Å². The van der Waals surface area contributed by atoms with E-state index in [1.165, 1.54) is 56.3 Å². The maximum atomic E-state index is 5.97. The van der Waals surface area contributed by atoms with Crippen LogP contribution in [0.2, 0.25) is 0 Å². The molecule has 6 nitrogen and oxygen atoms in total. The minimum atomic E-state index is 0.339. The Balaban J connectivity index is 0.000000439. The van der Waals surface area contributed by atoms with Crippen molar-refractivity contribution in [1.82, 2.24) is 15.3 Å². The molecule has 0 atom stereocenters. The summed E-state index contributed by atoms with van der Waals surface area (Å²) in [5.74, 6) is 1.80. The second-order valence-corrected chi connectivity index (χ2v) is 8.86. The normalized spacial score (nSPS) is 17.1. The van der Waals surface area contributed by atoms with Crippen LogP contribution in [-0.2, 0) is 0 Å². The third-order valence-corrected chi connectivity index (χ3v) is 5.62. The molecule has 1 aliphatic heterocycles. The fourth-order valence-electron chi connectivity index (χ4n) is 3.66. The molecule has 0 aromatic carbocycles. The molecule has 1 aliphatic carbocycles. The topological polar surface area (TPSA) is 88.2 Å². The van der Waals surface area contributed by atoms with Crippen molar-refractivity contribution >= 4 is 11.9 Å². The molecular formula is C26H42N6. The van der Waals surface area contributed by atoms with E-state index in [4.69, 9.17) is 5.73 Å². The van der Waals surface area contributed by atoms with Gasteiger partial charge in [-0.15, -0.1) is 0 Å². The summed E-state index contributed by atoms with van der Waals surface area (Å²) in [4.78, 5) is 13.0. The van der Waals surface area contributed by atoms with Crippen LogP contribution >= 0.6 is 0 Å². The highest BCUT2D eigenvalue weighted by molar-refractivity contribution is 5.90. The Morgan fingerprint density at radius 2 is 1.88 bits per heavy atom. The van der Waals surface area contributed by atoms with E-state index in [1.54, 1.807) is 0 Å². The summed E-state index contributed by atoms with van der Waals surface area (Å²) in [7, 11) is 0. The summed E-state index contributed by atoms with van der Waals surface area (Å²) < 4.78 is 0. The second-order valence-electron chi connectivity index (χ2n) is 8.86. The van der Waals surface area contributed by atoms with Crippen molar-refractivity contribution in [1.29, 1.82) is 0 Å². The highest BCUT2D eigenvalue weighted by Gasteiger charge is 2.05. The number of anilines is 1. The molecule has 176 valence electrons. The van der Waals surface area contributed by atoms with Gasteiger partial charge in [0.2, 0.25) is 5.95 Å². The van der Waals surface area contributed by atoms with Crippen molar-refractivity contribution in [3.8, 4) is 0 Å². The number of nitrogens with two attached hydrogens (primary N) is 1. The van der Waals surface area contributed by atoms with E-state index in [0.717, 1.165) is 30.1 Å². The molecule has 0 saturated carbocycles. The molecule has 1 aromatic heterocycles. The summed E-state index contributed by atoms with van der Waals surface area (Å²) in [5.41, 5.74) is 10.4. The van der Waals surface area contributed by atoms with Crippen LogP contribution in [-0.4, -0.2) is 35.6 Å². The quantitative estimate of drug-likeness (QED) is 0.309. The minimum Gasteiger partial charge on any atom is -0.370 e. The van der Waals surface area contributed by atoms with Crippen molar-refractivity contribution in [3.63, 3.8) is 0 Å². The molecule has 0 amide bonds. The number of aromatic nitrogens is 2. The van der Waals surface area contributed by atoms with Crippen LogP contribution in [0.5, 0.6) is 0 Å². The van der Waals surface area contributed by atoms with Crippen molar-refractivity contribution in [3.05, 3.63) is 52.9 Å².